The van der Waals surface area contributed by atoms with Gasteiger partial charge in [0.1, 0.15) is 5.76 Å². The molecule has 14 heavy (non-hydrogen) atoms. The molecule has 2 nitrogen and oxygen atoms in total. The molecule has 0 amide bonds. The molecule has 1 N–H and O–H groups in total. The third-order valence-corrected chi connectivity index (χ3v) is 2.80. The number of hydrogen-bond acceptors (Lipinski definition) is 2. The van der Waals surface area contributed by atoms with Gasteiger partial charge in [0, 0.05) is 12.5 Å². The Kier molecular flexibility index (Phi) is 4.74. The summed E-state index contributed by atoms with van der Waals surface area (Å²) in [4.78, 5) is 0. The van der Waals surface area contributed by atoms with Gasteiger partial charge in [0.05, 0.1) is 6.26 Å². The number of rotatable bonds is 6. The first-order chi connectivity index (χ1) is 6.77. The minimum Gasteiger partial charge on any atom is -0.469 e. The number of furan rings is 1. The van der Waals surface area contributed by atoms with E-state index in [2.05, 4.69) is 26.1 Å². The summed E-state index contributed by atoms with van der Waals surface area (Å²) >= 11 is 0. The molecule has 0 aliphatic heterocycles. The maximum Gasteiger partial charge on any atom is 0.105 e. The van der Waals surface area contributed by atoms with E-state index >= 15 is 0 Å². The quantitative estimate of drug-likeness (QED) is 0.755. The van der Waals surface area contributed by atoms with Crippen molar-refractivity contribution in [3.63, 3.8) is 0 Å². The molecule has 0 radical (unpaired) electrons. The Morgan fingerprint density at radius 1 is 1.43 bits per heavy atom. The van der Waals surface area contributed by atoms with Crippen molar-refractivity contribution in [3.05, 3.63) is 24.2 Å². The van der Waals surface area contributed by atoms with Crippen molar-refractivity contribution < 1.29 is 4.42 Å². The van der Waals surface area contributed by atoms with Gasteiger partial charge in [-0.2, -0.15) is 0 Å². The van der Waals surface area contributed by atoms with E-state index in [4.69, 9.17) is 4.42 Å². The molecule has 1 aromatic rings. The smallest absolute Gasteiger partial charge is 0.105 e. The average molecular weight is 195 g/mol. The molecule has 0 aliphatic rings. The van der Waals surface area contributed by atoms with Crippen molar-refractivity contribution in [2.45, 2.75) is 39.7 Å². The standard InChI is InChI=1S/C12H21NO/c1-4-10(3)12(13-5-2)9-11-7-6-8-14-11/h6-8,10,12-13H,4-5,9H2,1-3H3. The first-order valence-electron chi connectivity index (χ1n) is 5.53. The zero-order valence-corrected chi connectivity index (χ0v) is 9.42. The zero-order valence-electron chi connectivity index (χ0n) is 9.42. The van der Waals surface area contributed by atoms with Gasteiger partial charge < -0.3 is 9.73 Å². The monoisotopic (exact) mass is 195 g/mol. The van der Waals surface area contributed by atoms with Gasteiger partial charge in [-0.15, -0.1) is 0 Å². The highest BCUT2D eigenvalue weighted by Gasteiger charge is 2.15. The lowest BCUT2D eigenvalue weighted by Crippen LogP contribution is -2.36. The molecule has 0 aliphatic carbocycles. The van der Waals surface area contributed by atoms with Crippen LogP contribution in [0.5, 0.6) is 0 Å². The largest absolute Gasteiger partial charge is 0.469 e. The Morgan fingerprint density at radius 3 is 2.71 bits per heavy atom. The Morgan fingerprint density at radius 2 is 2.21 bits per heavy atom. The van der Waals surface area contributed by atoms with Gasteiger partial charge in [-0.05, 0) is 24.6 Å². The Bertz CT molecular complexity index is 230. The molecule has 1 heterocycles. The van der Waals surface area contributed by atoms with Crippen molar-refractivity contribution in [1.82, 2.24) is 5.32 Å². The van der Waals surface area contributed by atoms with Crippen molar-refractivity contribution in [3.8, 4) is 0 Å². The summed E-state index contributed by atoms with van der Waals surface area (Å²) < 4.78 is 5.36. The van der Waals surface area contributed by atoms with E-state index in [1.807, 2.05) is 12.1 Å². The first-order valence-corrected chi connectivity index (χ1v) is 5.53. The van der Waals surface area contributed by atoms with Crippen LogP contribution in [0.4, 0.5) is 0 Å². The highest BCUT2D eigenvalue weighted by atomic mass is 16.3. The Labute approximate surface area is 86.7 Å². The molecule has 2 atom stereocenters. The Balaban J connectivity index is 2.50. The minimum absolute atomic E-state index is 0.538. The highest BCUT2D eigenvalue weighted by molar-refractivity contribution is 5.01. The fourth-order valence-corrected chi connectivity index (χ4v) is 1.67. The van der Waals surface area contributed by atoms with Crippen molar-refractivity contribution >= 4 is 0 Å². The third-order valence-electron chi connectivity index (χ3n) is 2.80. The van der Waals surface area contributed by atoms with Crippen molar-refractivity contribution in [1.29, 1.82) is 0 Å². The van der Waals surface area contributed by atoms with Gasteiger partial charge in [0.15, 0.2) is 0 Å². The van der Waals surface area contributed by atoms with Crippen molar-refractivity contribution in [2.24, 2.45) is 5.92 Å². The van der Waals surface area contributed by atoms with Crippen LogP contribution in [-0.4, -0.2) is 12.6 Å². The van der Waals surface area contributed by atoms with Crippen molar-refractivity contribution in [2.75, 3.05) is 6.54 Å². The summed E-state index contributed by atoms with van der Waals surface area (Å²) in [6.07, 6.45) is 3.95. The number of nitrogens with one attached hydrogen (secondary N) is 1. The molecule has 2 unspecified atom stereocenters. The van der Waals surface area contributed by atoms with Crippen LogP contribution in [0.15, 0.2) is 22.8 Å². The minimum atomic E-state index is 0.538. The topological polar surface area (TPSA) is 25.2 Å². The van der Waals surface area contributed by atoms with Crippen LogP contribution < -0.4 is 5.32 Å². The summed E-state index contributed by atoms with van der Waals surface area (Å²) in [5.74, 6) is 1.77. The van der Waals surface area contributed by atoms with Crippen LogP contribution in [0.3, 0.4) is 0 Å². The van der Waals surface area contributed by atoms with E-state index in [-0.39, 0.29) is 0 Å². The van der Waals surface area contributed by atoms with E-state index in [1.54, 1.807) is 6.26 Å². The second-order valence-electron chi connectivity index (χ2n) is 3.83. The molecule has 0 spiro atoms. The van der Waals surface area contributed by atoms with E-state index < -0.39 is 0 Å². The van der Waals surface area contributed by atoms with E-state index in [0.717, 1.165) is 18.7 Å². The second-order valence-corrected chi connectivity index (χ2v) is 3.83. The molecule has 0 saturated carbocycles. The van der Waals surface area contributed by atoms with Gasteiger partial charge in [-0.1, -0.05) is 27.2 Å². The number of likely N-dealkylation sites (N-methyl/N-ethyl adjacent to an activating group) is 1. The summed E-state index contributed by atoms with van der Waals surface area (Å²) in [5, 5.41) is 3.51. The molecular formula is C12H21NO. The van der Waals surface area contributed by atoms with Crippen LogP contribution in [-0.2, 0) is 6.42 Å². The zero-order chi connectivity index (χ0) is 10.4. The summed E-state index contributed by atoms with van der Waals surface area (Å²) in [6.45, 7) is 7.70. The molecule has 0 saturated heterocycles. The van der Waals surface area contributed by atoms with Gasteiger partial charge in [0.2, 0.25) is 0 Å². The fraction of sp³-hybridized carbons (Fsp3) is 0.667. The first kappa shape index (κ1) is 11.3. The molecule has 0 fully saturated rings. The summed E-state index contributed by atoms with van der Waals surface area (Å²) in [5.41, 5.74) is 0. The lowest BCUT2D eigenvalue weighted by molar-refractivity contribution is 0.347. The van der Waals surface area contributed by atoms with Crippen LogP contribution >= 0.6 is 0 Å². The van der Waals surface area contributed by atoms with Gasteiger partial charge in [-0.25, -0.2) is 0 Å². The van der Waals surface area contributed by atoms with Crippen LogP contribution in [0.1, 0.15) is 33.0 Å². The highest BCUT2D eigenvalue weighted by Crippen LogP contribution is 2.13. The van der Waals surface area contributed by atoms with Crippen LogP contribution in [0.2, 0.25) is 0 Å². The molecule has 0 bridgehead atoms. The molecule has 0 aromatic carbocycles. The van der Waals surface area contributed by atoms with Crippen LogP contribution in [0.25, 0.3) is 0 Å². The molecular weight excluding hydrogens is 174 g/mol. The normalized spacial score (nSPS) is 15.4. The Hall–Kier alpha value is -0.760. The van der Waals surface area contributed by atoms with Gasteiger partial charge >= 0.3 is 0 Å². The number of hydrogen-bond donors (Lipinski definition) is 1. The van der Waals surface area contributed by atoms with Crippen LogP contribution in [0, 0.1) is 5.92 Å². The SMILES string of the molecule is CCNC(Cc1ccco1)C(C)CC. The lowest BCUT2D eigenvalue weighted by atomic mass is 9.95. The lowest BCUT2D eigenvalue weighted by Gasteiger charge is -2.22. The predicted molar refractivity (Wildman–Crippen MR) is 59.3 cm³/mol. The average Bonchev–Trinajstić information content (AvgIpc) is 2.68. The van der Waals surface area contributed by atoms with Gasteiger partial charge in [-0.3, -0.25) is 0 Å². The molecule has 2 heteroatoms. The molecule has 1 aromatic heterocycles. The second kappa shape index (κ2) is 5.86. The van der Waals surface area contributed by atoms with E-state index in [1.165, 1.54) is 6.42 Å². The third kappa shape index (κ3) is 3.18. The molecule has 1 rings (SSSR count). The van der Waals surface area contributed by atoms with E-state index in [0.29, 0.717) is 12.0 Å². The maximum atomic E-state index is 5.36. The predicted octanol–water partition coefficient (Wildman–Crippen LogP) is 2.85. The summed E-state index contributed by atoms with van der Waals surface area (Å²) in [7, 11) is 0. The fourth-order valence-electron chi connectivity index (χ4n) is 1.67. The van der Waals surface area contributed by atoms with Gasteiger partial charge in [0.25, 0.3) is 0 Å². The maximum absolute atomic E-state index is 5.36. The summed E-state index contributed by atoms with van der Waals surface area (Å²) in [6, 6.07) is 4.54. The van der Waals surface area contributed by atoms with E-state index in [9.17, 15) is 0 Å². The molecule has 80 valence electrons.